The number of hydrogen-bond donors (Lipinski definition) is 1. The Hall–Kier alpha value is -0.340. The zero-order chi connectivity index (χ0) is 16.5. The van der Waals surface area contributed by atoms with Crippen LogP contribution >= 0.6 is 0 Å². The third-order valence-electron chi connectivity index (χ3n) is 8.78. The van der Waals surface area contributed by atoms with Crippen LogP contribution in [0.1, 0.15) is 78.1 Å². The molecule has 0 aromatic rings. The molecule has 134 valence electrons. The summed E-state index contributed by atoms with van der Waals surface area (Å²) >= 11 is 0. The van der Waals surface area contributed by atoms with Crippen molar-refractivity contribution in [1.29, 1.82) is 0 Å². The van der Waals surface area contributed by atoms with Gasteiger partial charge in [0.25, 0.3) is 0 Å². The molecule has 5 aliphatic carbocycles. The summed E-state index contributed by atoms with van der Waals surface area (Å²) in [6.07, 6.45) is 15.6. The van der Waals surface area contributed by atoms with Crippen LogP contribution < -0.4 is 0 Å². The summed E-state index contributed by atoms with van der Waals surface area (Å²) in [7, 11) is 0. The molecule has 2 heteroatoms. The standard InChI is InChI=1S/C22H34O2/c1-21-10-3-4-17(21)16-8-5-14-12-19(23)20(24-15-6-7-15)13-22(14,2)18(16)9-11-21/h5,15-20,23H,3-4,6-13H2,1-2H3/t16-,17-,18-,19+,20?,21-,22-/m0/s1. The Morgan fingerprint density at radius 2 is 1.92 bits per heavy atom. The molecule has 0 aromatic heterocycles. The van der Waals surface area contributed by atoms with E-state index in [4.69, 9.17) is 4.74 Å². The second kappa shape index (κ2) is 5.33. The minimum absolute atomic E-state index is 0.0790. The summed E-state index contributed by atoms with van der Waals surface area (Å²) in [5.74, 6) is 2.66. The van der Waals surface area contributed by atoms with Gasteiger partial charge in [0, 0.05) is 0 Å². The third kappa shape index (κ3) is 2.28. The summed E-state index contributed by atoms with van der Waals surface area (Å²) in [6.45, 7) is 5.09. The molecule has 1 unspecified atom stereocenters. The van der Waals surface area contributed by atoms with Gasteiger partial charge in [0.05, 0.1) is 18.3 Å². The average molecular weight is 331 g/mol. The van der Waals surface area contributed by atoms with Crippen molar-refractivity contribution in [2.75, 3.05) is 0 Å². The van der Waals surface area contributed by atoms with Gasteiger partial charge in [0.1, 0.15) is 0 Å². The van der Waals surface area contributed by atoms with Gasteiger partial charge in [-0.15, -0.1) is 0 Å². The van der Waals surface area contributed by atoms with Crippen LogP contribution in [0.15, 0.2) is 11.6 Å². The Kier molecular flexibility index (Phi) is 3.53. The summed E-state index contributed by atoms with van der Waals surface area (Å²) in [6, 6.07) is 0. The van der Waals surface area contributed by atoms with Crippen LogP contribution in [-0.4, -0.2) is 23.4 Å². The molecule has 4 fully saturated rings. The van der Waals surface area contributed by atoms with Gasteiger partial charge >= 0.3 is 0 Å². The fourth-order valence-electron chi connectivity index (χ4n) is 7.25. The van der Waals surface area contributed by atoms with Gasteiger partial charge in [-0.05, 0) is 86.4 Å². The summed E-state index contributed by atoms with van der Waals surface area (Å²) in [4.78, 5) is 0. The molecular formula is C22H34O2. The number of ether oxygens (including phenoxy) is 1. The third-order valence-corrected chi connectivity index (χ3v) is 8.78. The molecule has 0 aliphatic heterocycles. The first-order chi connectivity index (χ1) is 11.5. The topological polar surface area (TPSA) is 29.5 Å². The van der Waals surface area contributed by atoms with Crippen LogP contribution in [0.5, 0.6) is 0 Å². The molecule has 24 heavy (non-hydrogen) atoms. The van der Waals surface area contributed by atoms with Gasteiger partial charge in [-0.1, -0.05) is 31.9 Å². The van der Waals surface area contributed by atoms with E-state index in [9.17, 15) is 5.11 Å². The van der Waals surface area contributed by atoms with Crippen molar-refractivity contribution in [3.63, 3.8) is 0 Å². The molecular weight excluding hydrogens is 296 g/mol. The van der Waals surface area contributed by atoms with E-state index in [1.54, 1.807) is 5.57 Å². The van der Waals surface area contributed by atoms with E-state index in [1.165, 1.54) is 51.4 Å². The lowest BCUT2D eigenvalue weighted by molar-refractivity contribution is -0.110. The lowest BCUT2D eigenvalue weighted by Gasteiger charge is -2.58. The first-order valence-electron chi connectivity index (χ1n) is 10.5. The van der Waals surface area contributed by atoms with Gasteiger partial charge in [0.15, 0.2) is 0 Å². The predicted octanol–water partition coefficient (Wildman–Crippen LogP) is 4.86. The molecule has 0 bridgehead atoms. The Balaban J connectivity index is 1.44. The second-order valence-corrected chi connectivity index (χ2v) is 10.2. The van der Waals surface area contributed by atoms with Crippen molar-refractivity contribution in [2.24, 2.45) is 28.6 Å². The number of hydrogen-bond acceptors (Lipinski definition) is 2. The van der Waals surface area contributed by atoms with Crippen LogP contribution in [-0.2, 0) is 4.74 Å². The minimum Gasteiger partial charge on any atom is -0.390 e. The molecule has 0 saturated heterocycles. The van der Waals surface area contributed by atoms with Crippen LogP contribution in [0.4, 0.5) is 0 Å². The highest BCUT2D eigenvalue weighted by atomic mass is 16.5. The number of aliphatic hydroxyl groups excluding tert-OH is 1. The molecule has 5 aliphatic rings. The van der Waals surface area contributed by atoms with Gasteiger partial charge < -0.3 is 9.84 Å². The number of rotatable bonds is 2. The van der Waals surface area contributed by atoms with Crippen molar-refractivity contribution in [1.82, 2.24) is 0 Å². The summed E-state index contributed by atoms with van der Waals surface area (Å²) < 4.78 is 6.24. The molecule has 1 N–H and O–H groups in total. The van der Waals surface area contributed by atoms with E-state index in [0.717, 1.165) is 30.6 Å². The van der Waals surface area contributed by atoms with Crippen molar-refractivity contribution < 1.29 is 9.84 Å². The van der Waals surface area contributed by atoms with Crippen molar-refractivity contribution in [3.05, 3.63) is 11.6 Å². The Labute approximate surface area is 147 Å². The van der Waals surface area contributed by atoms with Gasteiger partial charge in [-0.3, -0.25) is 0 Å². The van der Waals surface area contributed by atoms with Gasteiger partial charge in [0.2, 0.25) is 0 Å². The zero-order valence-corrected chi connectivity index (χ0v) is 15.5. The SMILES string of the molecule is C[C@@]12CCC[C@H]1[C@@H]1CC=C3C[C@@H](O)C(OC4CC4)C[C@]3(C)[C@H]1CC2. The summed E-state index contributed by atoms with van der Waals surface area (Å²) in [5.41, 5.74) is 2.47. The molecule has 0 spiro atoms. The Bertz CT molecular complexity index is 550. The van der Waals surface area contributed by atoms with Crippen LogP contribution in [0, 0.1) is 28.6 Å². The molecule has 0 heterocycles. The average Bonchev–Trinajstić information content (AvgIpc) is 3.26. The molecule has 0 radical (unpaired) electrons. The van der Waals surface area contributed by atoms with Crippen LogP contribution in [0.3, 0.4) is 0 Å². The van der Waals surface area contributed by atoms with Crippen LogP contribution in [0.25, 0.3) is 0 Å². The molecule has 0 aromatic carbocycles. The largest absolute Gasteiger partial charge is 0.390 e. The first kappa shape index (κ1) is 15.9. The van der Waals surface area contributed by atoms with Gasteiger partial charge in [-0.25, -0.2) is 0 Å². The normalized spacial score (nSPS) is 53.8. The zero-order valence-electron chi connectivity index (χ0n) is 15.5. The molecule has 4 saturated carbocycles. The molecule has 5 rings (SSSR count). The van der Waals surface area contributed by atoms with E-state index in [1.807, 2.05) is 0 Å². The second-order valence-electron chi connectivity index (χ2n) is 10.2. The van der Waals surface area contributed by atoms with E-state index >= 15 is 0 Å². The number of aliphatic hydroxyl groups is 1. The van der Waals surface area contributed by atoms with Gasteiger partial charge in [-0.2, -0.15) is 0 Å². The van der Waals surface area contributed by atoms with Crippen molar-refractivity contribution >= 4 is 0 Å². The van der Waals surface area contributed by atoms with E-state index in [-0.39, 0.29) is 17.6 Å². The molecule has 0 amide bonds. The number of fused-ring (bicyclic) bond motifs is 5. The Morgan fingerprint density at radius 1 is 1.08 bits per heavy atom. The molecule has 2 nitrogen and oxygen atoms in total. The quantitative estimate of drug-likeness (QED) is 0.733. The maximum absolute atomic E-state index is 10.6. The maximum atomic E-state index is 10.6. The highest BCUT2D eigenvalue weighted by Crippen LogP contribution is 2.65. The predicted molar refractivity (Wildman–Crippen MR) is 95.6 cm³/mol. The fraction of sp³-hybridized carbons (Fsp3) is 0.909. The van der Waals surface area contributed by atoms with Crippen LogP contribution in [0.2, 0.25) is 0 Å². The van der Waals surface area contributed by atoms with E-state index in [0.29, 0.717) is 11.5 Å². The smallest absolute Gasteiger partial charge is 0.0849 e. The lowest BCUT2D eigenvalue weighted by Crippen LogP contribution is -2.52. The highest BCUT2D eigenvalue weighted by molar-refractivity contribution is 5.26. The molecule has 7 atom stereocenters. The maximum Gasteiger partial charge on any atom is 0.0849 e. The van der Waals surface area contributed by atoms with Crippen molar-refractivity contribution in [3.8, 4) is 0 Å². The first-order valence-corrected chi connectivity index (χ1v) is 10.5. The minimum atomic E-state index is -0.276. The highest BCUT2D eigenvalue weighted by Gasteiger charge is 2.57. The summed E-state index contributed by atoms with van der Waals surface area (Å²) in [5, 5.41) is 10.6. The van der Waals surface area contributed by atoms with Crippen molar-refractivity contribution in [2.45, 2.75) is 96.4 Å². The Morgan fingerprint density at radius 3 is 2.71 bits per heavy atom. The van der Waals surface area contributed by atoms with E-state index in [2.05, 4.69) is 19.9 Å². The lowest BCUT2D eigenvalue weighted by atomic mass is 9.48. The fourth-order valence-corrected chi connectivity index (χ4v) is 7.25. The van der Waals surface area contributed by atoms with E-state index < -0.39 is 0 Å². The number of allylic oxidation sites excluding steroid dienone is 1. The monoisotopic (exact) mass is 330 g/mol.